The molecule has 1 fully saturated rings. The second kappa shape index (κ2) is 5.27. The third-order valence-electron chi connectivity index (χ3n) is 3.84. The number of hydrogen-bond acceptors (Lipinski definition) is 2. The summed E-state index contributed by atoms with van der Waals surface area (Å²) in [6.07, 6.45) is 2.08. The SMILES string of the molecule is Cc1ccc(F)cc1OC1C(C)CC(C)CC1N. The summed E-state index contributed by atoms with van der Waals surface area (Å²) >= 11 is 0. The van der Waals surface area contributed by atoms with Crippen molar-refractivity contribution in [3.05, 3.63) is 29.6 Å². The van der Waals surface area contributed by atoms with E-state index >= 15 is 0 Å². The van der Waals surface area contributed by atoms with Crippen LogP contribution in [0.15, 0.2) is 18.2 Å². The van der Waals surface area contributed by atoms with Crippen LogP contribution in [0.2, 0.25) is 0 Å². The Morgan fingerprint density at radius 3 is 2.67 bits per heavy atom. The Bertz CT molecular complexity index is 409. The van der Waals surface area contributed by atoms with E-state index in [1.54, 1.807) is 6.07 Å². The van der Waals surface area contributed by atoms with Gasteiger partial charge in [-0.15, -0.1) is 0 Å². The van der Waals surface area contributed by atoms with Gasteiger partial charge in [-0.05, 0) is 43.2 Å². The molecule has 18 heavy (non-hydrogen) atoms. The predicted octanol–water partition coefficient (Wildman–Crippen LogP) is 3.27. The van der Waals surface area contributed by atoms with Gasteiger partial charge in [-0.1, -0.05) is 19.9 Å². The van der Waals surface area contributed by atoms with E-state index in [0.29, 0.717) is 17.6 Å². The van der Waals surface area contributed by atoms with Gasteiger partial charge in [0, 0.05) is 12.1 Å². The van der Waals surface area contributed by atoms with Gasteiger partial charge in [0.1, 0.15) is 17.7 Å². The number of nitrogens with two attached hydrogens (primary N) is 1. The first-order valence-electron chi connectivity index (χ1n) is 6.65. The number of benzene rings is 1. The van der Waals surface area contributed by atoms with Gasteiger partial charge in [-0.3, -0.25) is 0 Å². The first-order chi connectivity index (χ1) is 8.47. The van der Waals surface area contributed by atoms with E-state index in [9.17, 15) is 4.39 Å². The van der Waals surface area contributed by atoms with Gasteiger partial charge in [0.05, 0.1) is 0 Å². The van der Waals surface area contributed by atoms with Gasteiger partial charge in [0.25, 0.3) is 0 Å². The monoisotopic (exact) mass is 251 g/mol. The minimum Gasteiger partial charge on any atom is -0.488 e. The Hall–Kier alpha value is -1.09. The molecule has 0 aliphatic heterocycles. The van der Waals surface area contributed by atoms with Crippen LogP contribution in [-0.2, 0) is 0 Å². The van der Waals surface area contributed by atoms with Gasteiger partial charge >= 0.3 is 0 Å². The quantitative estimate of drug-likeness (QED) is 0.875. The van der Waals surface area contributed by atoms with Crippen LogP contribution in [0.25, 0.3) is 0 Å². The molecule has 4 unspecified atom stereocenters. The number of halogens is 1. The zero-order valence-corrected chi connectivity index (χ0v) is 11.3. The molecule has 1 aliphatic carbocycles. The van der Waals surface area contributed by atoms with Gasteiger partial charge < -0.3 is 10.5 Å². The molecule has 1 aromatic rings. The van der Waals surface area contributed by atoms with Gasteiger partial charge in [-0.25, -0.2) is 4.39 Å². The summed E-state index contributed by atoms with van der Waals surface area (Å²) in [4.78, 5) is 0. The van der Waals surface area contributed by atoms with Crippen LogP contribution < -0.4 is 10.5 Å². The summed E-state index contributed by atoms with van der Waals surface area (Å²) in [5.41, 5.74) is 7.13. The molecule has 2 rings (SSSR count). The fraction of sp³-hybridized carbons (Fsp3) is 0.600. The minimum atomic E-state index is -0.263. The molecule has 1 aromatic carbocycles. The standard InChI is InChI=1S/C15H22FNO/c1-9-6-11(3)15(13(17)7-9)18-14-8-12(16)5-4-10(14)2/h4-5,8-9,11,13,15H,6-7,17H2,1-3H3. The van der Waals surface area contributed by atoms with Gasteiger partial charge in [0.2, 0.25) is 0 Å². The van der Waals surface area contributed by atoms with Crippen molar-refractivity contribution in [2.45, 2.75) is 45.8 Å². The Balaban J connectivity index is 2.15. The van der Waals surface area contributed by atoms with E-state index in [2.05, 4.69) is 13.8 Å². The van der Waals surface area contributed by atoms with E-state index < -0.39 is 0 Å². The molecule has 0 heterocycles. The van der Waals surface area contributed by atoms with E-state index in [0.717, 1.165) is 18.4 Å². The van der Waals surface area contributed by atoms with Crippen molar-refractivity contribution in [1.29, 1.82) is 0 Å². The lowest BCUT2D eigenvalue weighted by atomic mass is 9.78. The lowest BCUT2D eigenvalue weighted by molar-refractivity contribution is 0.0618. The van der Waals surface area contributed by atoms with Gasteiger partial charge in [-0.2, -0.15) is 0 Å². The van der Waals surface area contributed by atoms with Crippen molar-refractivity contribution >= 4 is 0 Å². The van der Waals surface area contributed by atoms with Crippen LogP contribution in [0, 0.1) is 24.6 Å². The third kappa shape index (κ3) is 2.83. The highest BCUT2D eigenvalue weighted by Gasteiger charge is 2.33. The number of hydrogen-bond donors (Lipinski definition) is 1. The highest BCUT2D eigenvalue weighted by atomic mass is 19.1. The van der Waals surface area contributed by atoms with Crippen LogP contribution in [0.3, 0.4) is 0 Å². The number of rotatable bonds is 2. The molecule has 0 radical (unpaired) electrons. The average Bonchev–Trinajstić information content (AvgIpc) is 2.28. The minimum absolute atomic E-state index is 0.0123. The summed E-state index contributed by atoms with van der Waals surface area (Å²) in [5.74, 6) is 1.41. The van der Waals surface area contributed by atoms with Crippen molar-refractivity contribution in [3.8, 4) is 5.75 Å². The molecule has 100 valence electrons. The number of ether oxygens (including phenoxy) is 1. The average molecular weight is 251 g/mol. The lowest BCUT2D eigenvalue weighted by Crippen LogP contribution is -2.48. The Morgan fingerprint density at radius 1 is 1.28 bits per heavy atom. The second-order valence-corrected chi connectivity index (χ2v) is 5.71. The predicted molar refractivity (Wildman–Crippen MR) is 71.1 cm³/mol. The van der Waals surface area contributed by atoms with Crippen molar-refractivity contribution in [1.82, 2.24) is 0 Å². The van der Waals surface area contributed by atoms with Crippen molar-refractivity contribution in [2.75, 3.05) is 0 Å². The third-order valence-corrected chi connectivity index (χ3v) is 3.84. The molecule has 2 nitrogen and oxygen atoms in total. The first-order valence-corrected chi connectivity index (χ1v) is 6.65. The van der Waals surface area contributed by atoms with Crippen molar-refractivity contribution in [3.63, 3.8) is 0 Å². The molecule has 1 saturated carbocycles. The fourth-order valence-electron chi connectivity index (χ4n) is 2.94. The summed E-state index contributed by atoms with van der Waals surface area (Å²) < 4.78 is 19.2. The van der Waals surface area contributed by atoms with E-state index in [1.807, 2.05) is 6.92 Å². The molecule has 0 aromatic heterocycles. The van der Waals surface area contributed by atoms with Crippen molar-refractivity contribution < 1.29 is 9.13 Å². The molecular formula is C15H22FNO. The molecular weight excluding hydrogens is 229 g/mol. The lowest BCUT2D eigenvalue weighted by Gasteiger charge is -2.37. The first kappa shape index (κ1) is 13.3. The van der Waals surface area contributed by atoms with Crippen molar-refractivity contribution in [2.24, 2.45) is 17.6 Å². The molecule has 3 heteroatoms. The van der Waals surface area contributed by atoms with E-state index in [-0.39, 0.29) is 18.0 Å². The molecule has 0 amide bonds. The molecule has 0 bridgehead atoms. The zero-order chi connectivity index (χ0) is 13.3. The summed E-state index contributed by atoms with van der Waals surface area (Å²) in [7, 11) is 0. The number of aryl methyl sites for hydroxylation is 1. The zero-order valence-electron chi connectivity index (χ0n) is 11.3. The Kier molecular flexibility index (Phi) is 3.91. The van der Waals surface area contributed by atoms with Crippen LogP contribution in [0.1, 0.15) is 32.3 Å². The summed E-state index contributed by atoms with van der Waals surface area (Å²) in [6.45, 7) is 6.31. The smallest absolute Gasteiger partial charge is 0.126 e. The maximum atomic E-state index is 13.2. The van der Waals surface area contributed by atoms with Crippen LogP contribution in [-0.4, -0.2) is 12.1 Å². The van der Waals surface area contributed by atoms with E-state index in [4.69, 9.17) is 10.5 Å². The molecule has 2 N–H and O–H groups in total. The highest BCUT2D eigenvalue weighted by Crippen LogP contribution is 2.32. The summed E-state index contributed by atoms with van der Waals surface area (Å²) in [6, 6.07) is 4.68. The highest BCUT2D eigenvalue weighted by molar-refractivity contribution is 5.33. The molecule has 0 spiro atoms. The molecule has 1 aliphatic rings. The topological polar surface area (TPSA) is 35.2 Å². The fourth-order valence-corrected chi connectivity index (χ4v) is 2.94. The second-order valence-electron chi connectivity index (χ2n) is 5.71. The maximum Gasteiger partial charge on any atom is 0.126 e. The van der Waals surface area contributed by atoms with Crippen LogP contribution in [0.5, 0.6) is 5.75 Å². The Labute approximate surface area is 108 Å². The maximum absolute atomic E-state index is 13.2. The molecule has 0 saturated heterocycles. The van der Waals surface area contributed by atoms with Crippen LogP contribution in [0.4, 0.5) is 4.39 Å². The van der Waals surface area contributed by atoms with Crippen LogP contribution >= 0.6 is 0 Å². The van der Waals surface area contributed by atoms with E-state index in [1.165, 1.54) is 12.1 Å². The van der Waals surface area contributed by atoms with Gasteiger partial charge in [0.15, 0.2) is 0 Å². The summed E-state index contributed by atoms with van der Waals surface area (Å²) in [5, 5.41) is 0. The largest absolute Gasteiger partial charge is 0.488 e. The normalized spacial score (nSPS) is 32.3. The Morgan fingerprint density at radius 2 is 2.00 bits per heavy atom. The molecule has 4 atom stereocenters.